The molecule has 0 aromatic carbocycles. The lowest BCUT2D eigenvalue weighted by molar-refractivity contribution is -0.122. The zero-order valence-corrected chi connectivity index (χ0v) is 14.8. The Balaban J connectivity index is 1.92. The van der Waals surface area contributed by atoms with E-state index in [9.17, 15) is 9.59 Å². The van der Waals surface area contributed by atoms with Gasteiger partial charge in [0.2, 0.25) is 5.91 Å². The van der Waals surface area contributed by atoms with E-state index in [1.165, 1.54) is 26.0 Å². The molecule has 0 radical (unpaired) electrons. The summed E-state index contributed by atoms with van der Waals surface area (Å²) in [5, 5.41) is 4.81. The minimum Gasteiger partial charge on any atom is -0.348 e. The van der Waals surface area contributed by atoms with E-state index >= 15 is 0 Å². The Morgan fingerprint density at radius 1 is 1.36 bits per heavy atom. The van der Waals surface area contributed by atoms with Gasteiger partial charge in [-0.3, -0.25) is 9.59 Å². The third kappa shape index (κ3) is 3.96. The number of aryl methyl sites for hydroxylation is 2. The maximum absolute atomic E-state index is 12.1. The van der Waals surface area contributed by atoms with E-state index in [0.717, 1.165) is 5.56 Å². The lowest BCUT2D eigenvalue weighted by Crippen LogP contribution is -2.39. The number of carbonyl (C=O) groups excluding carboxylic acids is 2. The third-order valence-electron chi connectivity index (χ3n) is 3.38. The molecule has 118 valence electrons. The molecule has 0 aliphatic rings. The maximum atomic E-state index is 12.1. The van der Waals surface area contributed by atoms with Gasteiger partial charge in [0.05, 0.1) is 17.5 Å². The van der Waals surface area contributed by atoms with Gasteiger partial charge in [0.1, 0.15) is 0 Å². The molecule has 0 aliphatic heterocycles. The van der Waals surface area contributed by atoms with Crippen molar-refractivity contribution in [2.75, 3.05) is 13.6 Å². The van der Waals surface area contributed by atoms with Gasteiger partial charge in [-0.05, 0) is 43.8 Å². The summed E-state index contributed by atoms with van der Waals surface area (Å²) < 4.78 is 0. The molecule has 1 atom stereocenters. The molecule has 22 heavy (non-hydrogen) atoms. The Kier molecular flexibility index (Phi) is 5.37. The number of likely N-dealkylation sites (N-methyl/N-ethyl adjacent to an activating group) is 1. The fourth-order valence-electron chi connectivity index (χ4n) is 2.32. The van der Waals surface area contributed by atoms with Gasteiger partial charge in [0.15, 0.2) is 0 Å². The van der Waals surface area contributed by atoms with Gasteiger partial charge >= 0.3 is 0 Å². The van der Waals surface area contributed by atoms with Crippen LogP contribution in [0, 0.1) is 13.8 Å². The Bertz CT molecular complexity index is 662. The monoisotopic (exact) mass is 336 g/mol. The zero-order chi connectivity index (χ0) is 16.3. The summed E-state index contributed by atoms with van der Waals surface area (Å²) in [6, 6.07) is 5.64. The third-order valence-corrected chi connectivity index (χ3v) is 5.22. The maximum Gasteiger partial charge on any atom is 0.264 e. The summed E-state index contributed by atoms with van der Waals surface area (Å²) in [5.74, 6) is -0.275. The van der Waals surface area contributed by atoms with E-state index < -0.39 is 0 Å². The lowest BCUT2D eigenvalue weighted by Gasteiger charge is -2.19. The molecule has 2 aromatic rings. The van der Waals surface area contributed by atoms with Crippen LogP contribution >= 0.6 is 22.7 Å². The number of rotatable bonds is 5. The zero-order valence-electron chi connectivity index (χ0n) is 13.2. The van der Waals surface area contributed by atoms with E-state index in [1.807, 2.05) is 18.4 Å². The smallest absolute Gasteiger partial charge is 0.264 e. The molecule has 6 heteroatoms. The normalized spacial score (nSPS) is 12.0. The van der Waals surface area contributed by atoms with Crippen molar-refractivity contribution < 1.29 is 9.59 Å². The summed E-state index contributed by atoms with van der Waals surface area (Å²) in [6.45, 7) is 6.14. The average molecular weight is 336 g/mol. The fourth-order valence-corrected chi connectivity index (χ4v) is 4.06. The van der Waals surface area contributed by atoms with E-state index in [1.54, 1.807) is 24.5 Å². The summed E-state index contributed by atoms with van der Waals surface area (Å²) in [5.41, 5.74) is 1.14. The van der Waals surface area contributed by atoms with Gasteiger partial charge in [0.25, 0.3) is 5.91 Å². The molecule has 0 aliphatic carbocycles. The highest BCUT2D eigenvalue weighted by molar-refractivity contribution is 7.12. The highest BCUT2D eigenvalue weighted by Crippen LogP contribution is 2.26. The van der Waals surface area contributed by atoms with E-state index in [2.05, 4.69) is 25.2 Å². The van der Waals surface area contributed by atoms with Crippen LogP contribution in [-0.4, -0.2) is 30.3 Å². The van der Waals surface area contributed by atoms with Gasteiger partial charge in [0, 0.05) is 16.8 Å². The van der Waals surface area contributed by atoms with Gasteiger partial charge < -0.3 is 10.2 Å². The number of nitrogens with zero attached hydrogens (tertiary/aromatic N) is 1. The van der Waals surface area contributed by atoms with Gasteiger partial charge in [-0.15, -0.1) is 22.7 Å². The molecule has 0 saturated heterocycles. The molecule has 2 aromatic heterocycles. The number of amides is 2. The summed E-state index contributed by atoms with van der Waals surface area (Å²) in [7, 11) is 1.65. The first-order chi connectivity index (χ1) is 10.4. The van der Waals surface area contributed by atoms with Crippen LogP contribution in [0.15, 0.2) is 23.6 Å². The van der Waals surface area contributed by atoms with Crippen molar-refractivity contribution in [1.82, 2.24) is 10.2 Å². The van der Waals surface area contributed by atoms with Crippen LogP contribution in [0.25, 0.3) is 0 Å². The molecule has 2 heterocycles. The number of thiophene rings is 2. The number of hydrogen-bond acceptors (Lipinski definition) is 4. The largest absolute Gasteiger partial charge is 0.348 e. The first-order valence-corrected chi connectivity index (χ1v) is 8.73. The standard InChI is InChI=1S/C16H20N2O2S2/c1-10-8-13(12(3)22-10)11(2)17-15(19)9-18(4)16(20)14-6-5-7-21-14/h5-8,11H,9H2,1-4H3,(H,17,19)/t11-/m1/s1. The number of carbonyl (C=O) groups is 2. The van der Waals surface area contributed by atoms with Crippen LogP contribution in [0.2, 0.25) is 0 Å². The molecule has 0 unspecified atom stereocenters. The predicted molar refractivity (Wildman–Crippen MR) is 91.6 cm³/mol. The summed E-state index contributed by atoms with van der Waals surface area (Å²) >= 11 is 3.11. The number of hydrogen-bond donors (Lipinski definition) is 1. The van der Waals surface area contributed by atoms with E-state index in [-0.39, 0.29) is 24.4 Å². The van der Waals surface area contributed by atoms with Crippen LogP contribution in [0.3, 0.4) is 0 Å². The second-order valence-corrected chi connectivity index (χ2v) is 7.70. The topological polar surface area (TPSA) is 49.4 Å². The Labute approximate surface area is 138 Å². The van der Waals surface area contributed by atoms with Crippen LogP contribution < -0.4 is 5.32 Å². The van der Waals surface area contributed by atoms with E-state index in [4.69, 9.17) is 0 Å². The first kappa shape index (κ1) is 16.7. The van der Waals surface area contributed by atoms with Crippen molar-refractivity contribution in [3.63, 3.8) is 0 Å². The lowest BCUT2D eigenvalue weighted by atomic mass is 10.1. The Hall–Kier alpha value is -1.66. The first-order valence-electron chi connectivity index (χ1n) is 7.03. The van der Waals surface area contributed by atoms with Gasteiger partial charge in [-0.25, -0.2) is 0 Å². The molecule has 0 saturated carbocycles. The van der Waals surface area contributed by atoms with Crippen LogP contribution in [0.5, 0.6) is 0 Å². The molecular weight excluding hydrogens is 316 g/mol. The van der Waals surface area contributed by atoms with Crippen molar-refractivity contribution in [2.24, 2.45) is 0 Å². The van der Waals surface area contributed by atoms with Crippen molar-refractivity contribution in [1.29, 1.82) is 0 Å². The van der Waals surface area contributed by atoms with E-state index in [0.29, 0.717) is 4.88 Å². The molecule has 1 N–H and O–H groups in total. The molecule has 2 rings (SSSR count). The van der Waals surface area contributed by atoms with Gasteiger partial charge in [-0.2, -0.15) is 0 Å². The second kappa shape index (κ2) is 7.07. The van der Waals surface area contributed by atoms with Crippen LogP contribution in [0.1, 0.15) is 38.0 Å². The summed E-state index contributed by atoms with van der Waals surface area (Å²) in [6.07, 6.45) is 0. The van der Waals surface area contributed by atoms with Crippen LogP contribution in [-0.2, 0) is 4.79 Å². The minimum absolute atomic E-state index is 0.0531. The van der Waals surface area contributed by atoms with Crippen molar-refractivity contribution in [2.45, 2.75) is 26.8 Å². The number of nitrogens with one attached hydrogen (secondary N) is 1. The highest BCUT2D eigenvalue weighted by atomic mass is 32.1. The van der Waals surface area contributed by atoms with Crippen molar-refractivity contribution >= 4 is 34.5 Å². The molecule has 2 amide bonds. The molecule has 0 bridgehead atoms. The Morgan fingerprint density at radius 2 is 2.09 bits per heavy atom. The SMILES string of the molecule is Cc1cc([C@@H](C)NC(=O)CN(C)C(=O)c2cccs2)c(C)s1. The molecular formula is C16H20N2O2S2. The summed E-state index contributed by atoms with van der Waals surface area (Å²) in [4.78, 5) is 28.8. The second-order valence-electron chi connectivity index (χ2n) is 5.30. The van der Waals surface area contributed by atoms with Crippen LogP contribution in [0.4, 0.5) is 0 Å². The van der Waals surface area contributed by atoms with Crippen molar-refractivity contribution in [3.8, 4) is 0 Å². The Morgan fingerprint density at radius 3 is 2.64 bits per heavy atom. The molecule has 4 nitrogen and oxygen atoms in total. The fraction of sp³-hybridized carbons (Fsp3) is 0.375. The van der Waals surface area contributed by atoms with Crippen molar-refractivity contribution in [3.05, 3.63) is 43.8 Å². The highest BCUT2D eigenvalue weighted by Gasteiger charge is 2.18. The minimum atomic E-state index is -0.150. The molecule has 0 fully saturated rings. The quantitative estimate of drug-likeness (QED) is 0.910. The predicted octanol–water partition coefficient (Wildman–Crippen LogP) is 3.38. The average Bonchev–Trinajstić information content (AvgIpc) is 3.07. The van der Waals surface area contributed by atoms with Gasteiger partial charge in [-0.1, -0.05) is 6.07 Å². The molecule has 0 spiro atoms.